The molecule has 0 atom stereocenters. The Hall–Kier alpha value is -1.24. The van der Waals surface area contributed by atoms with E-state index in [4.69, 9.17) is 0 Å². The second-order valence-corrected chi connectivity index (χ2v) is 3.17. The number of likely N-dealkylation sites (N-methyl/N-ethyl adjacent to an activating group) is 1. The first kappa shape index (κ1) is 12.8. The van der Waals surface area contributed by atoms with Crippen molar-refractivity contribution in [2.24, 2.45) is 0 Å². The van der Waals surface area contributed by atoms with Crippen LogP contribution in [0.5, 0.6) is 0 Å². The van der Waals surface area contributed by atoms with Crippen LogP contribution in [0.2, 0.25) is 0 Å². The minimum absolute atomic E-state index is 0.944. The van der Waals surface area contributed by atoms with Crippen LogP contribution in [-0.4, -0.2) is 7.05 Å². The van der Waals surface area contributed by atoms with Crippen molar-refractivity contribution in [2.75, 3.05) is 7.05 Å². The van der Waals surface area contributed by atoms with E-state index in [1.165, 1.54) is 11.1 Å². The van der Waals surface area contributed by atoms with Crippen molar-refractivity contribution in [3.05, 3.63) is 48.2 Å². The van der Waals surface area contributed by atoms with Gasteiger partial charge in [0.05, 0.1) is 0 Å². The molecule has 0 spiro atoms. The van der Waals surface area contributed by atoms with Gasteiger partial charge in [-0.15, -0.1) is 6.58 Å². The Morgan fingerprint density at radius 2 is 2.00 bits per heavy atom. The van der Waals surface area contributed by atoms with Crippen LogP contribution in [0.15, 0.2) is 48.2 Å². The van der Waals surface area contributed by atoms with Crippen LogP contribution in [0.3, 0.4) is 0 Å². The molecular weight excluding hydrogens is 170 g/mol. The predicted molar refractivity (Wildman–Crippen MR) is 65.1 cm³/mol. The first-order valence-corrected chi connectivity index (χ1v) is 5.01. The first-order valence-electron chi connectivity index (χ1n) is 5.01. The number of rotatable bonds is 6. The van der Waals surface area contributed by atoms with Gasteiger partial charge in [-0.05, 0) is 31.4 Å². The zero-order valence-electron chi connectivity index (χ0n) is 9.56. The van der Waals surface area contributed by atoms with E-state index in [0.717, 1.165) is 18.5 Å². The fourth-order valence-corrected chi connectivity index (χ4v) is 1.51. The zero-order chi connectivity index (χ0) is 11.0. The molecule has 0 aliphatic heterocycles. The van der Waals surface area contributed by atoms with E-state index >= 15 is 0 Å². The molecule has 0 bridgehead atoms. The van der Waals surface area contributed by atoms with Gasteiger partial charge in [-0.25, -0.2) is 0 Å². The molecule has 0 heterocycles. The van der Waals surface area contributed by atoms with Gasteiger partial charge in [-0.3, -0.25) is 0 Å². The molecule has 0 aromatic carbocycles. The number of hydrogen-bond donors (Lipinski definition) is 1. The smallest absolute Gasteiger partial charge is 0.0369 e. The monoisotopic (exact) mass is 191 g/mol. The molecular formula is C13H21N. The van der Waals surface area contributed by atoms with Gasteiger partial charge in [0.15, 0.2) is 0 Å². The van der Waals surface area contributed by atoms with Crippen LogP contribution in [0.4, 0.5) is 0 Å². The third-order valence-corrected chi connectivity index (χ3v) is 2.20. The standard InChI is InChI=1S/C13H21N/c1-6-9-11(4)12(8-3)13(14-5)10-7-2/h6-7,10,14H,1-2,8-9H2,3-5H3/b12-11-,13-10+. The fraction of sp³-hybridized carbons (Fsp3) is 0.385. The lowest BCUT2D eigenvalue weighted by molar-refractivity contribution is 0.926. The Morgan fingerprint density at radius 1 is 1.36 bits per heavy atom. The van der Waals surface area contributed by atoms with Crippen LogP contribution >= 0.6 is 0 Å². The summed E-state index contributed by atoms with van der Waals surface area (Å²) in [5.74, 6) is 0. The molecule has 1 nitrogen and oxygen atoms in total. The SMILES string of the molecule is C=C/C=C(NC)\C(CC)=C(\C)CC=C. The first-order chi connectivity index (χ1) is 6.71. The second-order valence-electron chi connectivity index (χ2n) is 3.17. The van der Waals surface area contributed by atoms with E-state index in [0.29, 0.717) is 0 Å². The molecule has 0 unspecified atom stereocenters. The van der Waals surface area contributed by atoms with Crippen molar-refractivity contribution in [1.82, 2.24) is 5.32 Å². The summed E-state index contributed by atoms with van der Waals surface area (Å²) in [6.07, 6.45) is 7.72. The zero-order valence-corrected chi connectivity index (χ0v) is 9.56. The van der Waals surface area contributed by atoms with Crippen molar-refractivity contribution in [1.29, 1.82) is 0 Å². The number of allylic oxidation sites excluding steroid dienone is 5. The van der Waals surface area contributed by atoms with E-state index in [-0.39, 0.29) is 0 Å². The molecule has 1 heteroatoms. The van der Waals surface area contributed by atoms with Crippen LogP contribution < -0.4 is 5.32 Å². The van der Waals surface area contributed by atoms with E-state index in [1.807, 2.05) is 25.3 Å². The number of hydrogen-bond acceptors (Lipinski definition) is 1. The van der Waals surface area contributed by atoms with Crippen LogP contribution in [0.25, 0.3) is 0 Å². The Balaban J connectivity index is 5.01. The van der Waals surface area contributed by atoms with Gasteiger partial charge in [0.2, 0.25) is 0 Å². The Bertz CT molecular complexity index is 256. The summed E-state index contributed by atoms with van der Waals surface area (Å²) in [5, 5.41) is 3.19. The minimum Gasteiger partial charge on any atom is -0.388 e. The highest BCUT2D eigenvalue weighted by atomic mass is 14.8. The molecule has 0 saturated carbocycles. The molecule has 0 amide bonds. The Labute approximate surface area is 87.9 Å². The average Bonchev–Trinajstić information content (AvgIpc) is 2.18. The van der Waals surface area contributed by atoms with E-state index in [1.54, 1.807) is 0 Å². The predicted octanol–water partition coefficient (Wildman–Crippen LogP) is 3.58. The van der Waals surface area contributed by atoms with Gasteiger partial charge >= 0.3 is 0 Å². The summed E-state index contributed by atoms with van der Waals surface area (Å²) in [4.78, 5) is 0. The molecule has 0 fully saturated rings. The highest BCUT2D eigenvalue weighted by molar-refractivity contribution is 5.35. The maximum absolute atomic E-state index is 3.75. The lowest BCUT2D eigenvalue weighted by Gasteiger charge is -2.13. The maximum atomic E-state index is 3.75. The van der Waals surface area contributed by atoms with Crippen LogP contribution in [0, 0.1) is 0 Å². The highest BCUT2D eigenvalue weighted by Crippen LogP contribution is 2.18. The Morgan fingerprint density at radius 3 is 2.36 bits per heavy atom. The molecule has 0 radical (unpaired) electrons. The van der Waals surface area contributed by atoms with Gasteiger partial charge in [-0.2, -0.15) is 0 Å². The molecule has 1 N–H and O–H groups in total. The molecule has 0 rings (SSSR count). The summed E-state index contributed by atoms with van der Waals surface area (Å²) >= 11 is 0. The maximum Gasteiger partial charge on any atom is 0.0369 e. The van der Waals surface area contributed by atoms with Crippen molar-refractivity contribution in [3.63, 3.8) is 0 Å². The summed E-state index contributed by atoms with van der Waals surface area (Å²) in [6.45, 7) is 11.8. The van der Waals surface area contributed by atoms with Crippen molar-refractivity contribution in [2.45, 2.75) is 26.7 Å². The second kappa shape index (κ2) is 7.19. The molecule has 0 aromatic heterocycles. The minimum atomic E-state index is 0.944. The van der Waals surface area contributed by atoms with Crippen LogP contribution in [0.1, 0.15) is 26.7 Å². The third kappa shape index (κ3) is 3.65. The summed E-state index contributed by atoms with van der Waals surface area (Å²) in [7, 11) is 1.94. The largest absolute Gasteiger partial charge is 0.388 e. The van der Waals surface area contributed by atoms with Gasteiger partial charge in [0, 0.05) is 12.7 Å². The molecule has 0 aliphatic rings. The van der Waals surface area contributed by atoms with E-state index < -0.39 is 0 Å². The van der Waals surface area contributed by atoms with Crippen LogP contribution in [-0.2, 0) is 0 Å². The highest BCUT2D eigenvalue weighted by Gasteiger charge is 2.03. The Kier molecular flexibility index (Phi) is 6.55. The summed E-state index contributed by atoms with van der Waals surface area (Å²) < 4.78 is 0. The van der Waals surface area contributed by atoms with Gasteiger partial charge in [0.25, 0.3) is 0 Å². The number of nitrogens with one attached hydrogen (secondary N) is 1. The molecule has 0 aliphatic carbocycles. The van der Waals surface area contributed by atoms with Crippen molar-refractivity contribution < 1.29 is 0 Å². The lowest BCUT2D eigenvalue weighted by Crippen LogP contribution is -2.09. The lowest BCUT2D eigenvalue weighted by atomic mass is 10.0. The van der Waals surface area contributed by atoms with Gasteiger partial charge in [-0.1, -0.05) is 31.2 Å². The van der Waals surface area contributed by atoms with Gasteiger partial charge in [0.1, 0.15) is 0 Å². The summed E-state index contributed by atoms with van der Waals surface area (Å²) in [5.41, 5.74) is 3.87. The molecule has 78 valence electrons. The fourth-order valence-electron chi connectivity index (χ4n) is 1.51. The van der Waals surface area contributed by atoms with E-state index in [2.05, 4.69) is 32.3 Å². The quantitative estimate of drug-likeness (QED) is 0.500. The normalized spacial score (nSPS) is 13.2. The third-order valence-electron chi connectivity index (χ3n) is 2.20. The van der Waals surface area contributed by atoms with Crippen molar-refractivity contribution >= 4 is 0 Å². The molecule has 14 heavy (non-hydrogen) atoms. The molecule has 0 saturated heterocycles. The average molecular weight is 191 g/mol. The summed E-state index contributed by atoms with van der Waals surface area (Å²) in [6, 6.07) is 0. The van der Waals surface area contributed by atoms with Gasteiger partial charge < -0.3 is 5.32 Å². The molecule has 0 aromatic rings. The topological polar surface area (TPSA) is 12.0 Å². The van der Waals surface area contributed by atoms with E-state index in [9.17, 15) is 0 Å². The van der Waals surface area contributed by atoms with Crippen molar-refractivity contribution in [3.8, 4) is 0 Å².